The third-order valence-electron chi connectivity index (χ3n) is 8.68. The normalized spacial score (nSPS) is 13.1. The van der Waals surface area contributed by atoms with Crippen molar-refractivity contribution >= 4 is 47.6 Å². The molecule has 1 aromatic heterocycles. The highest BCUT2D eigenvalue weighted by molar-refractivity contribution is 6.32. The predicted octanol–water partition coefficient (Wildman–Crippen LogP) is 9.92. The number of pyridine rings is 1. The van der Waals surface area contributed by atoms with E-state index in [0.717, 1.165) is 54.1 Å². The van der Waals surface area contributed by atoms with Crippen LogP contribution >= 0.6 is 35.6 Å². The zero-order chi connectivity index (χ0) is 36.5. The molecule has 1 amide bonds. The molecule has 1 saturated heterocycles. The van der Waals surface area contributed by atoms with Crippen LogP contribution in [0.1, 0.15) is 33.4 Å². The van der Waals surface area contributed by atoms with Crippen molar-refractivity contribution in [1.82, 2.24) is 14.8 Å². The molecule has 53 heavy (non-hydrogen) atoms. The average molecular weight is 777 g/mol. The number of rotatable bonds is 13. The van der Waals surface area contributed by atoms with Gasteiger partial charge in [-0.3, -0.25) is 9.69 Å². The number of aromatic nitrogens is 1. The second kappa shape index (κ2) is 18.9. The van der Waals surface area contributed by atoms with E-state index in [4.69, 9.17) is 37.4 Å². The average Bonchev–Trinajstić information content (AvgIpc) is 3.13. The van der Waals surface area contributed by atoms with Crippen LogP contribution in [-0.4, -0.2) is 53.5 Å². The molecule has 0 radical (unpaired) electrons. The standard InChI is InChI=1S/C42H40Cl2FN3O4.ClH/c1-29-21-34(24-36(45)22-29)28-51-38-12-13-40(46-26-38)52-42-30(2)23-33(25-39(42)44)7-14-41(49)48-18-16-47(17-19-48)27-32-5-3-31(4-6-32)15-20-50-37-10-8-35(43)9-11-37;/h3-14,21-26H,15-20,27-28H2,1-2H3;1H. The van der Waals surface area contributed by atoms with Gasteiger partial charge in [-0.2, -0.15) is 0 Å². The van der Waals surface area contributed by atoms with Crippen LogP contribution in [0.25, 0.3) is 6.08 Å². The minimum absolute atomic E-state index is 0. The maximum Gasteiger partial charge on any atom is 0.246 e. The van der Waals surface area contributed by atoms with Crippen molar-refractivity contribution in [3.8, 4) is 23.1 Å². The van der Waals surface area contributed by atoms with Crippen LogP contribution < -0.4 is 14.2 Å². The number of hydrogen-bond acceptors (Lipinski definition) is 6. The summed E-state index contributed by atoms with van der Waals surface area (Å²) in [5.74, 6) is 1.86. The van der Waals surface area contributed by atoms with Crippen molar-refractivity contribution in [1.29, 1.82) is 0 Å². The van der Waals surface area contributed by atoms with Gasteiger partial charge in [0.1, 0.15) is 23.9 Å². The molecule has 4 aromatic carbocycles. The summed E-state index contributed by atoms with van der Waals surface area (Å²) in [4.78, 5) is 21.6. The summed E-state index contributed by atoms with van der Waals surface area (Å²) < 4.78 is 31.2. The topological polar surface area (TPSA) is 64.1 Å². The molecule has 0 unspecified atom stereocenters. The molecule has 0 atom stereocenters. The number of carbonyl (C=O) groups is 1. The van der Waals surface area contributed by atoms with Gasteiger partial charge < -0.3 is 19.1 Å². The van der Waals surface area contributed by atoms with Crippen molar-refractivity contribution in [2.75, 3.05) is 32.8 Å². The smallest absolute Gasteiger partial charge is 0.246 e. The van der Waals surface area contributed by atoms with Crippen molar-refractivity contribution in [2.45, 2.75) is 33.4 Å². The lowest BCUT2D eigenvalue weighted by atomic mass is 10.1. The summed E-state index contributed by atoms with van der Waals surface area (Å²) in [7, 11) is 0. The van der Waals surface area contributed by atoms with Gasteiger partial charge in [-0.15, -0.1) is 12.4 Å². The second-order valence-corrected chi connectivity index (χ2v) is 13.7. The van der Waals surface area contributed by atoms with Crippen LogP contribution in [0, 0.1) is 19.7 Å². The van der Waals surface area contributed by atoms with E-state index in [1.54, 1.807) is 36.5 Å². The van der Waals surface area contributed by atoms with Gasteiger partial charge >= 0.3 is 0 Å². The van der Waals surface area contributed by atoms with E-state index in [2.05, 4.69) is 34.1 Å². The molecule has 5 aromatic rings. The second-order valence-electron chi connectivity index (χ2n) is 12.8. The number of carbonyl (C=O) groups excluding carboxylic acids is 1. The number of halogens is 4. The van der Waals surface area contributed by atoms with Crippen molar-refractivity contribution in [3.63, 3.8) is 0 Å². The van der Waals surface area contributed by atoms with Crippen LogP contribution in [0.4, 0.5) is 4.39 Å². The summed E-state index contributed by atoms with van der Waals surface area (Å²) in [5.41, 5.74) is 5.64. The van der Waals surface area contributed by atoms with Crippen LogP contribution in [0.5, 0.6) is 23.1 Å². The Bertz CT molecular complexity index is 1960. The Hall–Kier alpha value is -4.60. The molecule has 0 saturated carbocycles. The van der Waals surface area contributed by atoms with Crippen LogP contribution in [0.3, 0.4) is 0 Å². The monoisotopic (exact) mass is 775 g/mol. The Kier molecular flexibility index (Phi) is 14.2. The van der Waals surface area contributed by atoms with Crippen molar-refractivity contribution in [2.24, 2.45) is 0 Å². The number of benzene rings is 4. The number of amides is 1. The fourth-order valence-electron chi connectivity index (χ4n) is 5.95. The molecule has 0 N–H and O–H groups in total. The highest BCUT2D eigenvalue weighted by Gasteiger charge is 2.20. The molecular formula is C42H41Cl3FN3O4. The Labute approximate surface area is 326 Å². The number of piperazine rings is 1. The number of nitrogens with zero attached hydrogens (tertiary/aromatic N) is 3. The molecule has 11 heteroatoms. The third kappa shape index (κ3) is 11.7. The largest absolute Gasteiger partial charge is 0.493 e. The van der Waals surface area contributed by atoms with Gasteiger partial charge in [0.05, 0.1) is 17.8 Å². The van der Waals surface area contributed by atoms with Crippen LogP contribution in [0.2, 0.25) is 10.0 Å². The van der Waals surface area contributed by atoms with E-state index in [9.17, 15) is 9.18 Å². The summed E-state index contributed by atoms with van der Waals surface area (Å²) in [6, 6.07) is 27.9. The summed E-state index contributed by atoms with van der Waals surface area (Å²) >= 11 is 12.6. The third-order valence-corrected chi connectivity index (χ3v) is 9.21. The molecule has 6 rings (SSSR count). The molecule has 0 spiro atoms. The highest BCUT2D eigenvalue weighted by Crippen LogP contribution is 2.34. The predicted molar refractivity (Wildman–Crippen MR) is 211 cm³/mol. The molecule has 1 aliphatic rings. The van der Waals surface area contributed by atoms with E-state index >= 15 is 0 Å². The molecule has 276 valence electrons. The van der Waals surface area contributed by atoms with E-state index in [1.807, 2.05) is 55.1 Å². The van der Waals surface area contributed by atoms with Gasteiger partial charge in [-0.25, -0.2) is 9.37 Å². The van der Waals surface area contributed by atoms with Gasteiger partial charge in [0.15, 0.2) is 5.75 Å². The minimum atomic E-state index is -0.293. The zero-order valence-corrected chi connectivity index (χ0v) is 31.9. The molecule has 1 aliphatic heterocycles. The first-order valence-electron chi connectivity index (χ1n) is 17.2. The molecular weight excluding hydrogens is 736 g/mol. The lowest BCUT2D eigenvalue weighted by molar-refractivity contribution is -0.127. The van der Waals surface area contributed by atoms with E-state index in [-0.39, 0.29) is 30.7 Å². The Morgan fingerprint density at radius 3 is 2.23 bits per heavy atom. The summed E-state index contributed by atoms with van der Waals surface area (Å²) in [6.45, 7) is 8.34. The quantitative estimate of drug-likeness (QED) is 0.111. The van der Waals surface area contributed by atoms with Crippen LogP contribution in [0.15, 0.2) is 103 Å². The Morgan fingerprint density at radius 1 is 0.830 bits per heavy atom. The first-order chi connectivity index (χ1) is 25.2. The molecule has 0 bridgehead atoms. The minimum Gasteiger partial charge on any atom is -0.493 e. The van der Waals surface area contributed by atoms with Crippen molar-refractivity contribution < 1.29 is 23.4 Å². The Morgan fingerprint density at radius 2 is 1.55 bits per heavy atom. The van der Waals surface area contributed by atoms with E-state index in [0.29, 0.717) is 47.1 Å². The molecule has 0 aliphatic carbocycles. The van der Waals surface area contributed by atoms with Gasteiger partial charge in [-0.1, -0.05) is 53.5 Å². The highest BCUT2D eigenvalue weighted by atomic mass is 35.5. The van der Waals surface area contributed by atoms with Gasteiger partial charge in [0.25, 0.3) is 0 Å². The molecule has 1 fully saturated rings. The first-order valence-corrected chi connectivity index (χ1v) is 17.9. The fraction of sp³-hybridized carbons (Fsp3) is 0.238. The maximum absolute atomic E-state index is 13.7. The Balaban J connectivity index is 0.00000541. The molecule has 7 nitrogen and oxygen atoms in total. The SMILES string of the molecule is Cc1cc(F)cc(COc2ccc(Oc3c(C)cc(C=CC(=O)N4CCN(Cc5ccc(CCOc6ccc(Cl)cc6)cc5)CC4)cc3Cl)nc2)c1.Cl. The first kappa shape index (κ1) is 39.6. The maximum atomic E-state index is 13.7. The number of aryl methyl sites for hydroxylation is 2. The number of hydrogen-bond donors (Lipinski definition) is 0. The number of ether oxygens (including phenoxy) is 3. The van der Waals surface area contributed by atoms with Gasteiger partial charge in [0.2, 0.25) is 11.8 Å². The fourth-order valence-corrected chi connectivity index (χ4v) is 6.39. The van der Waals surface area contributed by atoms with E-state index in [1.165, 1.54) is 23.3 Å². The lowest BCUT2D eigenvalue weighted by Crippen LogP contribution is -2.47. The van der Waals surface area contributed by atoms with Gasteiger partial charge in [-0.05, 0) is 108 Å². The summed E-state index contributed by atoms with van der Waals surface area (Å²) in [6.07, 6.45) is 5.75. The van der Waals surface area contributed by atoms with Gasteiger partial charge in [0, 0.05) is 56.3 Å². The summed E-state index contributed by atoms with van der Waals surface area (Å²) in [5, 5.41) is 1.10. The van der Waals surface area contributed by atoms with Crippen LogP contribution in [-0.2, 0) is 24.4 Å². The zero-order valence-electron chi connectivity index (χ0n) is 29.6. The lowest BCUT2D eigenvalue weighted by Gasteiger charge is -2.34. The van der Waals surface area contributed by atoms with Crippen molar-refractivity contribution in [3.05, 3.63) is 153 Å². The molecule has 2 heterocycles. The van der Waals surface area contributed by atoms with E-state index < -0.39 is 0 Å².